The lowest BCUT2D eigenvalue weighted by Gasteiger charge is -2.20. The van der Waals surface area contributed by atoms with Gasteiger partial charge >= 0.3 is 0 Å². The molecule has 19 heavy (non-hydrogen) atoms. The minimum absolute atomic E-state index is 0.604. The monoisotopic (exact) mass is 277 g/mol. The van der Waals surface area contributed by atoms with Crippen molar-refractivity contribution in [3.05, 3.63) is 35.2 Å². The first-order valence-corrected chi connectivity index (χ1v) is 6.98. The van der Waals surface area contributed by atoms with Crippen molar-refractivity contribution < 1.29 is 4.52 Å². The highest BCUT2D eigenvalue weighted by atomic mass is 35.5. The molecule has 0 spiro atoms. The molecule has 0 radical (unpaired) electrons. The molecule has 0 bridgehead atoms. The van der Waals surface area contributed by atoms with E-state index in [0.29, 0.717) is 16.8 Å². The van der Waals surface area contributed by atoms with Crippen LogP contribution in [0.15, 0.2) is 28.8 Å². The Hall–Kier alpha value is -1.39. The Morgan fingerprint density at radius 2 is 2.16 bits per heavy atom. The van der Waals surface area contributed by atoms with Crippen molar-refractivity contribution >= 4 is 11.6 Å². The lowest BCUT2D eigenvalue weighted by Crippen LogP contribution is -2.30. The Bertz CT molecular complexity index is 532. The molecule has 1 aromatic carbocycles. The van der Waals surface area contributed by atoms with Crippen LogP contribution >= 0.6 is 11.6 Å². The van der Waals surface area contributed by atoms with Gasteiger partial charge in [-0.3, -0.25) is 0 Å². The van der Waals surface area contributed by atoms with E-state index < -0.39 is 0 Å². The van der Waals surface area contributed by atoms with Crippen molar-refractivity contribution in [1.82, 2.24) is 15.5 Å². The second-order valence-corrected chi connectivity index (χ2v) is 5.37. The number of nitrogens with zero attached hydrogens (tertiary/aromatic N) is 2. The van der Waals surface area contributed by atoms with Crippen LogP contribution in [0, 0.1) is 5.92 Å². The summed E-state index contributed by atoms with van der Waals surface area (Å²) in [5.74, 6) is 1.96. The maximum absolute atomic E-state index is 5.86. The van der Waals surface area contributed by atoms with Crippen LogP contribution in [0.2, 0.25) is 5.02 Å². The predicted molar refractivity (Wildman–Crippen MR) is 74.0 cm³/mol. The molecule has 100 valence electrons. The average molecular weight is 278 g/mol. The first-order chi connectivity index (χ1) is 9.31. The topological polar surface area (TPSA) is 51.0 Å². The molecule has 2 aromatic rings. The van der Waals surface area contributed by atoms with Crippen molar-refractivity contribution in [1.29, 1.82) is 0 Å². The van der Waals surface area contributed by atoms with Gasteiger partial charge in [-0.05, 0) is 56.1 Å². The molecule has 5 heteroatoms. The number of piperidine rings is 1. The third-order valence-electron chi connectivity index (χ3n) is 3.43. The fraction of sp³-hybridized carbons (Fsp3) is 0.429. The Balaban J connectivity index is 1.70. The van der Waals surface area contributed by atoms with Crippen molar-refractivity contribution in [2.45, 2.75) is 19.3 Å². The summed E-state index contributed by atoms with van der Waals surface area (Å²) in [4.78, 5) is 4.46. The Kier molecular flexibility index (Phi) is 3.80. The maximum atomic E-state index is 5.86. The van der Waals surface area contributed by atoms with Gasteiger partial charge in [0, 0.05) is 17.0 Å². The van der Waals surface area contributed by atoms with E-state index in [9.17, 15) is 0 Å². The fourth-order valence-corrected chi connectivity index (χ4v) is 2.53. The van der Waals surface area contributed by atoms with Crippen molar-refractivity contribution in [3.63, 3.8) is 0 Å². The van der Waals surface area contributed by atoms with Crippen LogP contribution in [-0.2, 0) is 6.42 Å². The van der Waals surface area contributed by atoms with Crippen LogP contribution < -0.4 is 5.32 Å². The standard InChI is InChI=1S/C14H16ClN3O/c15-12-5-3-11(4-6-12)14-17-13(19-18-14)8-10-2-1-7-16-9-10/h3-6,10,16H,1-2,7-9H2. The van der Waals surface area contributed by atoms with Gasteiger partial charge in [-0.25, -0.2) is 0 Å². The fourth-order valence-electron chi connectivity index (χ4n) is 2.40. The lowest BCUT2D eigenvalue weighted by molar-refractivity contribution is 0.316. The van der Waals surface area contributed by atoms with Gasteiger partial charge in [-0.15, -0.1) is 0 Å². The minimum Gasteiger partial charge on any atom is -0.339 e. The van der Waals surface area contributed by atoms with E-state index in [1.165, 1.54) is 12.8 Å². The lowest BCUT2D eigenvalue weighted by atomic mass is 9.96. The summed E-state index contributed by atoms with van der Waals surface area (Å²) in [6.07, 6.45) is 3.31. The quantitative estimate of drug-likeness (QED) is 0.937. The van der Waals surface area contributed by atoms with E-state index in [-0.39, 0.29) is 0 Å². The number of rotatable bonds is 3. The van der Waals surface area contributed by atoms with E-state index in [1.807, 2.05) is 24.3 Å². The molecule has 1 unspecified atom stereocenters. The summed E-state index contributed by atoms with van der Waals surface area (Å²) in [6.45, 7) is 2.16. The summed E-state index contributed by atoms with van der Waals surface area (Å²) < 4.78 is 5.33. The first-order valence-electron chi connectivity index (χ1n) is 6.60. The van der Waals surface area contributed by atoms with Crippen LogP contribution in [0.3, 0.4) is 0 Å². The number of nitrogens with one attached hydrogen (secondary N) is 1. The zero-order valence-electron chi connectivity index (χ0n) is 10.6. The molecule has 0 saturated carbocycles. The summed E-state index contributed by atoms with van der Waals surface area (Å²) in [5, 5.41) is 8.14. The molecule has 1 aromatic heterocycles. The van der Waals surface area contributed by atoms with Gasteiger partial charge in [0.2, 0.25) is 11.7 Å². The number of benzene rings is 1. The molecule has 1 N–H and O–H groups in total. The molecular weight excluding hydrogens is 262 g/mol. The maximum Gasteiger partial charge on any atom is 0.227 e. The third-order valence-corrected chi connectivity index (χ3v) is 3.68. The Morgan fingerprint density at radius 1 is 1.32 bits per heavy atom. The SMILES string of the molecule is Clc1ccc(-c2noc(CC3CCCNC3)n2)cc1. The van der Waals surface area contributed by atoms with E-state index in [1.54, 1.807) is 0 Å². The van der Waals surface area contributed by atoms with E-state index >= 15 is 0 Å². The van der Waals surface area contributed by atoms with Gasteiger partial charge in [0.05, 0.1) is 0 Å². The van der Waals surface area contributed by atoms with Crippen molar-refractivity contribution in [2.75, 3.05) is 13.1 Å². The molecule has 1 aliphatic rings. The Labute approximate surface area is 117 Å². The van der Waals surface area contributed by atoms with Gasteiger partial charge in [0.25, 0.3) is 0 Å². The first kappa shape index (κ1) is 12.6. The second-order valence-electron chi connectivity index (χ2n) is 4.94. The van der Waals surface area contributed by atoms with Crippen molar-refractivity contribution in [3.8, 4) is 11.4 Å². The highest BCUT2D eigenvalue weighted by Gasteiger charge is 2.17. The smallest absolute Gasteiger partial charge is 0.227 e. The molecule has 1 aliphatic heterocycles. The van der Waals surface area contributed by atoms with E-state index in [0.717, 1.165) is 31.0 Å². The number of aromatic nitrogens is 2. The van der Waals surface area contributed by atoms with Gasteiger partial charge in [0.1, 0.15) is 0 Å². The van der Waals surface area contributed by atoms with Crippen LogP contribution in [0.4, 0.5) is 0 Å². The van der Waals surface area contributed by atoms with Crippen LogP contribution in [-0.4, -0.2) is 23.2 Å². The molecule has 1 saturated heterocycles. The normalized spacial score (nSPS) is 19.5. The zero-order valence-corrected chi connectivity index (χ0v) is 11.4. The predicted octanol–water partition coefficient (Wildman–Crippen LogP) is 2.93. The number of hydrogen-bond donors (Lipinski definition) is 1. The molecule has 1 atom stereocenters. The molecule has 2 heterocycles. The van der Waals surface area contributed by atoms with Crippen LogP contribution in [0.25, 0.3) is 11.4 Å². The molecule has 0 aliphatic carbocycles. The third kappa shape index (κ3) is 3.14. The molecule has 0 amide bonds. The summed E-state index contributed by atoms with van der Waals surface area (Å²) >= 11 is 5.86. The highest BCUT2D eigenvalue weighted by molar-refractivity contribution is 6.30. The van der Waals surface area contributed by atoms with Crippen LogP contribution in [0.1, 0.15) is 18.7 Å². The zero-order chi connectivity index (χ0) is 13.1. The molecule has 4 nitrogen and oxygen atoms in total. The minimum atomic E-state index is 0.604. The van der Waals surface area contributed by atoms with Gasteiger partial charge in [0.15, 0.2) is 0 Å². The summed E-state index contributed by atoms with van der Waals surface area (Å²) in [5.41, 5.74) is 0.932. The van der Waals surface area contributed by atoms with E-state index in [2.05, 4.69) is 15.5 Å². The van der Waals surface area contributed by atoms with Gasteiger partial charge in [-0.1, -0.05) is 16.8 Å². The average Bonchev–Trinajstić information content (AvgIpc) is 2.89. The van der Waals surface area contributed by atoms with Gasteiger partial charge < -0.3 is 9.84 Å². The van der Waals surface area contributed by atoms with Gasteiger partial charge in [-0.2, -0.15) is 4.98 Å². The van der Waals surface area contributed by atoms with Crippen molar-refractivity contribution in [2.24, 2.45) is 5.92 Å². The summed E-state index contributed by atoms with van der Waals surface area (Å²) in [7, 11) is 0. The molecular formula is C14H16ClN3O. The number of halogens is 1. The molecule has 3 rings (SSSR count). The summed E-state index contributed by atoms with van der Waals surface area (Å²) in [6, 6.07) is 7.47. The number of hydrogen-bond acceptors (Lipinski definition) is 4. The largest absolute Gasteiger partial charge is 0.339 e. The highest BCUT2D eigenvalue weighted by Crippen LogP contribution is 2.21. The Morgan fingerprint density at radius 3 is 2.89 bits per heavy atom. The van der Waals surface area contributed by atoms with Crippen LogP contribution in [0.5, 0.6) is 0 Å². The molecule has 1 fully saturated rings. The second kappa shape index (κ2) is 5.72. The van der Waals surface area contributed by atoms with E-state index in [4.69, 9.17) is 16.1 Å².